The number of amides is 2. The van der Waals surface area contributed by atoms with E-state index in [1.165, 1.54) is 11.0 Å². The van der Waals surface area contributed by atoms with Gasteiger partial charge in [0.2, 0.25) is 0 Å². The zero-order valence-corrected chi connectivity index (χ0v) is 18.5. The molecule has 1 atom stereocenters. The Morgan fingerprint density at radius 2 is 1.70 bits per heavy atom. The third-order valence-electron chi connectivity index (χ3n) is 5.56. The van der Waals surface area contributed by atoms with E-state index in [4.69, 9.17) is 9.47 Å². The average molecular weight is 453 g/mol. The minimum Gasteiger partial charge on any atom is -0.480 e. The number of carboxylic acids is 1. The first kappa shape index (κ1) is 23.8. The van der Waals surface area contributed by atoms with Gasteiger partial charge in [0.1, 0.15) is 19.3 Å². The lowest BCUT2D eigenvalue weighted by Gasteiger charge is -2.19. The van der Waals surface area contributed by atoms with E-state index in [-0.39, 0.29) is 32.1 Å². The van der Waals surface area contributed by atoms with Crippen molar-refractivity contribution in [1.29, 1.82) is 0 Å². The Balaban J connectivity index is 1.52. The van der Waals surface area contributed by atoms with Gasteiger partial charge in [-0.2, -0.15) is 0 Å². The first-order chi connectivity index (χ1) is 15.9. The van der Waals surface area contributed by atoms with E-state index in [1.54, 1.807) is 7.05 Å². The second-order valence-electron chi connectivity index (χ2n) is 7.79. The number of carboxylic acid groups (broad SMARTS) is 1. The summed E-state index contributed by atoms with van der Waals surface area (Å²) in [6, 6.07) is 14.8. The van der Waals surface area contributed by atoms with Gasteiger partial charge in [0, 0.05) is 19.5 Å². The predicted molar refractivity (Wildman–Crippen MR) is 123 cm³/mol. The molecule has 8 heteroatoms. The van der Waals surface area contributed by atoms with E-state index in [9.17, 15) is 19.5 Å². The summed E-state index contributed by atoms with van der Waals surface area (Å²) in [5, 5.41) is 11.9. The first-order valence-electron chi connectivity index (χ1n) is 10.8. The average Bonchev–Trinajstić information content (AvgIpc) is 3.14. The number of hydrogen-bond acceptors (Lipinski definition) is 5. The normalized spacial score (nSPS) is 12.8. The van der Waals surface area contributed by atoms with E-state index < -0.39 is 24.2 Å². The van der Waals surface area contributed by atoms with Gasteiger partial charge in [-0.25, -0.2) is 14.4 Å². The summed E-state index contributed by atoms with van der Waals surface area (Å²) >= 11 is 0. The van der Waals surface area contributed by atoms with Crippen LogP contribution in [-0.2, 0) is 14.3 Å². The maximum atomic E-state index is 12.4. The molecule has 2 aromatic carbocycles. The van der Waals surface area contributed by atoms with Crippen molar-refractivity contribution >= 4 is 18.2 Å². The maximum absolute atomic E-state index is 12.4. The standard InChI is InChI=1S/C25H28N2O6/c1-3-15-32-25(31)27(2)14-8-13-22(23(28)29)26-24(30)33-16-21-19-11-6-4-9-17(19)18-10-5-7-12-20(18)21/h3-7,9-12,21-22H,1,8,13-16H2,2H3,(H,26,30)(H,28,29)/t22-/m0/s1. The van der Waals surface area contributed by atoms with E-state index >= 15 is 0 Å². The van der Waals surface area contributed by atoms with Crippen LogP contribution >= 0.6 is 0 Å². The molecule has 0 bridgehead atoms. The molecule has 2 aromatic rings. The smallest absolute Gasteiger partial charge is 0.409 e. The molecule has 0 spiro atoms. The fourth-order valence-corrected chi connectivity index (χ4v) is 3.90. The van der Waals surface area contributed by atoms with E-state index in [0.717, 1.165) is 22.3 Å². The zero-order chi connectivity index (χ0) is 23.8. The second-order valence-corrected chi connectivity index (χ2v) is 7.79. The Labute approximate surface area is 192 Å². The SMILES string of the molecule is C=CCOC(=O)N(C)CCC[C@H](NC(=O)OCC1c2ccccc2-c2ccccc21)C(=O)O. The van der Waals surface area contributed by atoms with Crippen molar-refractivity contribution in [2.45, 2.75) is 24.8 Å². The number of alkyl carbamates (subject to hydrolysis) is 1. The van der Waals surface area contributed by atoms with Crippen LogP contribution in [0.15, 0.2) is 61.2 Å². The number of rotatable bonds is 10. The van der Waals surface area contributed by atoms with Crippen LogP contribution in [0.1, 0.15) is 29.9 Å². The summed E-state index contributed by atoms with van der Waals surface area (Å²) in [4.78, 5) is 37.0. The van der Waals surface area contributed by atoms with Crippen LogP contribution in [0, 0.1) is 0 Å². The van der Waals surface area contributed by atoms with Gasteiger partial charge in [-0.15, -0.1) is 0 Å². The minimum atomic E-state index is -1.17. The highest BCUT2D eigenvalue weighted by molar-refractivity contribution is 5.81. The lowest BCUT2D eigenvalue weighted by molar-refractivity contribution is -0.139. The maximum Gasteiger partial charge on any atom is 0.409 e. The van der Waals surface area contributed by atoms with Gasteiger partial charge in [0.05, 0.1) is 0 Å². The molecule has 0 radical (unpaired) electrons. The van der Waals surface area contributed by atoms with E-state index in [1.807, 2.05) is 48.5 Å². The van der Waals surface area contributed by atoms with Crippen LogP contribution in [0.25, 0.3) is 11.1 Å². The van der Waals surface area contributed by atoms with Gasteiger partial charge in [0.15, 0.2) is 0 Å². The topological polar surface area (TPSA) is 105 Å². The van der Waals surface area contributed by atoms with Crippen LogP contribution in [0.3, 0.4) is 0 Å². The first-order valence-corrected chi connectivity index (χ1v) is 10.8. The van der Waals surface area contributed by atoms with Gasteiger partial charge < -0.3 is 24.8 Å². The van der Waals surface area contributed by atoms with E-state index in [2.05, 4.69) is 11.9 Å². The molecule has 3 rings (SSSR count). The second kappa shape index (κ2) is 11.2. The van der Waals surface area contributed by atoms with Crippen LogP contribution in [0.5, 0.6) is 0 Å². The van der Waals surface area contributed by atoms with Crippen LogP contribution < -0.4 is 5.32 Å². The minimum absolute atomic E-state index is 0.101. The number of aliphatic carboxylic acids is 1. The highest BCUT2D eigenvalue weighted by Crippen LogP contribution is 2.44. The van der Waals surface area contributed by atoms with Gasteiger partial charge in [0.25, 0.3) is 0 Å². The van der Waals surface area contributed by atoms with Crippen LogP contribution in [0.2, 0.25) is 0 Å². The molecule has 2 N–H and O–H groups in total. The Bertz CT molecular complexity index is 976. The number of fused-ring (bicyclic) bond motifs is 3. The monoisotopic (exact) mass is 452 g/mol. The molecule has 33 heavy (non-hydrogen) atoms. The van der Waals surface area contributed by atoms with Crippen LogP contribution in [-0.4, -0.2) is 61.0 Å². The number of ether oxygens (including phenoxy) is 2. The number of carbonyl (C=O) groups is 3. The van der Waals surface area contributed by atoms with Gasteiger partial charge in [-0.05, 0) is 35.1 Å². The van der Waals surface area contributed by atoms with Crippen molar-refractivity contribution in [3.63, 3.8) is 0 Å². The molecule has 0 heterocycles. The summed E-state index contributed by atoms with van der Waals surface area (Å²) in [6.45, 7) is 3.96. The Kier molecular flexibility index (Phi) is 8.07. The molecule has 8 nitrogen and oxygen atoms in total. The van der Waals surface area contributed by atoms with Crippen LogP contribution in [0.4, 0.5) is 9.59 Å². The van der Waals surface area contributed by atoms with Gasteiger partial charge in [-0.1, -0.05) is 61.2 Å². The molecule has 1 aliphatic rings. The molecule has 0 saturated heterocycles. The Hall–Kier alpha value is -3.81. The van der Waals surface area contributed by atoms with Crippen molar-refractivity contribution in [3.05, 3.63) is 72.3 Å². The summed E-state index contributed by atoms with van der Waals surface area (Å²) < 4.78 is 10.3. The molecular weight excluding hydrogens is 424 g/mol. The lowest BCUT2D eigenvalue weighted by atomic mass is 9.98. The summed E-state index contributed by atoms with van der Waals surface area (Å²) in [6.07, 6.45) is 0.651. The van der Waals surface area contributed by atoms with E-state index in [0.29, 0.717) is 6.42 Å². The molecule has 1 aliphatic carbocycles. The number of nitrogens with one attached hydrogen (secondary N) is 1. The van der Waals surface area contributed by atoms with Gasteiger partial charge >= 0.3 is 18.2 Å². The lowest BCUT2D eigenvalue weighted by Crippen LogP contribution is -2.42. The number of carbonyl (C=O) groups excluding carboxylic acids is 2. The quantitative estimate of drug-likeness (QED) is 0.528. The van der Waals surface area contributed by atoms with Gasteiger partial charge in [-0.3, -0.25) is 0 Å². The Morgan fingerprint density at radius 3 is 2.27 bits per heavy atom. The van der Waals surface area contributed by atoms with Crippen molar-refractivity contribution < 1.29 is 29.0 Å². The molecule has 0 unspecified atom stereocenters. The zero-order valence-electron chi connectivity index (χ0n) is 18.5. The summed E-state index contributed by atoms with van der Waals surface area (Å²) in [5.41, 5.74) is 4.38. The number of nitrogens with zero attached hydrogens (tertiary/aromatic N) is 1. The van der Waals surface area contributed by atoms with Crippen molar-refractivity contribution in [2.75, 3.05) is 26.8 Å². The third-order valence-corrected chi connectivity index (χ3v) is 5.56. The number of benzene rings is 2. The summed E-state index contributed by atoms with van der Waals surface area (Å²) in [5.74, 6) is -1.28. The molecular formula is C25H28N2O6. The van der Waals surface area contributed by atoms with Crippen molar-refractivity contribution in [2.24, 2.45) is 0 Å². The fourth-order valence-electron chi connectivity index (χ4n) is 3.90. The number of hydrogen-bond donors (Lipinski definition) is 2. The van der Waals surface area contributed by atoms with Crippen molar-refractivity contribution in [1.82, 2.24) is 10.2 Å². The predicted octanol–water partition coefficient (Wildman–Crippen LogP) is 4.01. The highest BCUT2D eigenvalue weighted by atomic mass is 16.6. The molecule has 0 saturated carbocycles. The summed E-state index contributed by atoms with van der Waals surface area (Å²) in [7, 11) is 1.56. The fraction of sp³-hybridized carbons (Fsp3) is 0.320. The molecule has 174 valence electrons. The largest absolute Gasteiger partial charge is 0.480 e. The third kappa shape index (κ3) is 5.91. The molecule has 0 aliphatic heterocycles. The molecule has 2 amide bonds. The molecule has 0 fully saturated rings. The Morgan fingerprint density at radius 1 is 1.09 bits per heavy atom. The van der Waals surface area contributed by atoms with Crippen molar-refractivity contribution in [3.8, 4) is 11.1 Å². The highest BCUT2D eigenvalue weighted by Gasteiger charge is 2.29. The molecule has 0 aromatic heterocycles.